The molecule has 4 rings (SSSR count). The second kappa shape index (κ2) is 4.48. The quantitative estimate of drug-likeness (QED) is 0.668. The van der Waals surface area contributed by atoms with Crippen LogP contribution in [-0.4, -0.2) is 21.9 Å². The number of aliphatic hydroxyl groups excluding tert-OH is 1. The Kier molecular flexibility index (Phi) is 3.05. The smallest absolute Gasteiger partial charge is 0.0905 e. The minimum atomic E-state index is -0.488. The van der Waals surface area contributed by atoms with E-state index >= 15 is 0 Å². The van der Waals surface area contributed by atoms with Crippen molar-refractivity contribution in [3.63, 3.8) is 0 Å². The number of rotatable bonds is 0. The van der Waals surface area contributed by atoms with Gasteiger partial charge in [0.2, 0.25) is 0 Å². The third-order valence-corrected chi connectivity index (χ3v) is 8.22. The molecule has 4 aliphatic carbocycles. The zero-order chi connectivity index (χ0) is 15.8. The Morgan fingerprint density at radius 3 is 2.55 bits per heavy atom. The van der Waals surface area contributed by atoms with E-state index in [4.69, 9.17) is 0 Å². The van der Waals surface area contributed by atoms with Crippen molar-refractivity contribution in [3.8, 4) is 0 Å². The maximum atomic E-state index is 10.9. The molecule has 0 aromatic heterocycles. The van der Waals surface area contributed by atoms with Gasteiger partial charge < -0.3 is 10.2 Å². The van der Waals surface area contributed by atoms with Gasteiger partial charge in [0, 0.05) is 5.41 Å². The highest BCUT2D eigenvalue weighted by molar-refractivity contribution is 5.33. The average Bonchev–Trinajstić information content (AvgIpc) is 2.70. The summed E-state index contributed by atoms with van der Waals surface area (Å²) in [6.45, 7) is 6.79. The van der Waals surface area contributed by atoms with E-state index in [1.807, 2.05) is 6.08 Å². The van der Waals surface area contributed by atoms with Gasteiger partial charge in [-0.15, -0.1) is 0 Å². The molecule has 22 heavy (non-hydrogen) atoms. The SMILES string of the molecule is C[C@]12C=C[C@H](O)C=C1CC[C@@H]1[C@@H]2CC[C@@]2(C)[C@H]1CC[C@]2(C)O. The Labute approximate surface area is 134 Å². The van der Waals surface area contributed by atoms with Crippen LogP contribution in [-0.2, 0) is 0 Å². The number of allylic oxidation sites excluding steroid dienone is 2. The fourth-order valence-corrected chi connectivity index (χ4v) is 6.56. The lowest BCUT2D eigenvalue weighted by Crippen LogP contribution is -2.53. The van der Waals surface area contributed by atoms with E-state index in [9.17, 15) is 10.2 Å². The van der Waals surface area contributed by atoms with Gasteiger partial charge in [-0.25, -0.2) is 0 Å². The molecule has 2 heteroatoms. The average molecular weight is 302 g/mol. The van der Waals surface area contributed by atoms with Gasteiger partial charge in [0.05, 0.1) is 11.7 Å². The van der Waals surface area contributed by atoms with Crippen molar-refractivity contribution < 1.29 is 10.2 Å². The second-order valence-electron chi connectivity index (χ2n) is 9.01. The largest absolute Gasteiger partial charge is 0.390 e. The lowest BCUT2D eigenvalue weighted by Gasteiger charge is -2.58. The summed E-state index contributed by atoms with van der Waals surface area (Å²) in [6, 6.07) is 0. The predicted octanol–water partition coefficient (Wildman–Crippen LogP) is 3.84. The van der Waals surface area contributed by atoms with E-state index in [-0.39, 0.29) is 16.9 Å². The van der Waals surface area contributed by atoms with E-state index < -0.39 is 5.60 Å². The minimum absolute atomic E-state index is 0.101. The molecule has 2 nitrogen and oxygen atoms in total. The standard InChI is InChI=1S/C20H30O2/c1-18-9-6-14(21)12-13(18)4-5-15-16(18)7-10-19(2)17(15)8-11-20(19,3)22/h6,9,12,14-17,21-22H,4-5,7-8,10-11H2,1-3H3/t14-,15+,16-,17-,18-,19-,20-/m0/s1. The Hall–Kier alpha value is -0.600. The molecule has 2 N–H and O–H groups in total. The minimum Gasteiger partial charge on any atom is -0.390 e. The molecule has 0 aliphatic heterocycles. The normalized spacial score (nSPS) is 56.9. The van der Waals surface area contributed by atoms with E-state index in [1.165, 1.54) is 24.8 Å². The molecule has 0 spiro atoms. The zero-order valence-electron chi connectivity index (χ0n) is 14.2. The lowest BCUT2D eigenvalue weighted by atomic mass is 9.47. The summed E-state index contributed by atoms with van der Waals surface area (Å²) < 4.78 is 0. The molecule has 0 amide bonds. The topological polar surface area (TPSA) is 40.5 Å². The summed E-state index contributed by atoms with van der Waals surface area (Å²) in [5, 5.41) is 20.8. The van der Waals surface area contributed by atoms with Gasteiger partial charge in [-0.3, -0.25) is 0 Å². The van der Waals surface area contributed by atoms with Gasteiger partial charge in [0.15, 0.2) is 0 Å². The number of aliphatic hydroxyl groups is 2. The molecular formula is C20H30O2. The van der Waals surface area contributed by atoms with Gasteiger partial charge in [-0.1, -0.05) is 37.6 Å². The molecule has 122 valence electrons. The zero-order valence-corrected chi connectivity index (χ0v) is 14.2. The van der Waals surface area contributed by atoms with Crippen LogP contribution >= 0.6 is 0 Å². The fraction of sp³-hybridized carbons (Fsp3) is 0.800. The highest BCUT2D eigenvalue weighted by atomic mass is 16.3. The Morgan fingerprint density at radius 2 is 1.77 bits per heavy atom. The number of hydrogen-bond donors (Lipinski definition) is 2. The van der Waals surface area contributed by atoms with Crippen LogP contribution in [0.15, 0.2) is 23.8 Å². The summed E-state index contributed by atoms with van der Waals surface area (Å²) >= 11 is 0. The van der Waals surface area contributed by atoms with E-state index in [0.29, 0.717) is 11.8 Å². The van der Waals surface area contributed by atoms with Crippen LogP contribution in [0, 0.1) is 28.6 Å². The van der Waals surface area contributed by atoms with Crippen LogP contribution in [0.4, 0.5) is 0 Å². The first-order valence-electron chi connectivity index (χ1n) is 9.09. The summed E-state index contributed by atoms with van der Waals surface area (Å²) in [6.07, 6.45) is 12.8. The molecular weight excluding hydrogens is 272 g/mol. The van der Waals surface area contributed by atoms with E-state index in [2.05, 4.69) is 32.9 Å². The van der Waals surface area contributed by atoms with Gasteiger partial charge in [0.25, 0.3) is 0 Å². The van der Waals surface area contributed by atoms with Crippen LogP contribution in [0.3, 0.4) is 0 Å². The monoisotopic (exact) mass is 302 g/mol. The highest BCUT2D eigenvalue weighted by Crippen LogP contribution is 2.66. The van der Waals surface area contributed by atoms with Crippen LogP contribution < -0.4 is 0 Å². The molecule has 0 aromatic rings. The van der Waals surface area contributed by atoms with Crippen molar-refractivity contribution in [3.05, 3.63) is 23.8 Å². The maximum absolute atomic E-state index is 10.9. The Bertz CT molecular complexity index is 546. The molecule has 3 fully saturated rings. The highest BCUT2D eigenvalue weighted by Gasteiger charge is 2.61. The van der Waals surface area contributed by atoms with Crippen LogP contribution in [0.2, 0.25) is 0 Å². The van der Waals surface area contributed by atoms with Crippen molar-refractivity contribution in [1.29, 1.82) is 0 Å². The van der Waals surface area contributed by atoms with Crippen molar-refractivity contribution in [2.45, 2.75) is 71.0 Å². The number of fused-ring (bicyclic) bond motifs is 5. The third-order valence-electron chi connectivity index (χ3n) is 8.22. The maximum Gasteiger partial charge on any atom is 0.0905 e. The van der Waals surface area contributed by atoms with Crippen molar-refractivity contribution >= 4 is 0 Å². The Balaban J connectivity index is 1.70. The van der Waals surface area contributed by atoms with Crippen molar-refractivity contribution in [1.82, 2.24) is 0 Å². The summed E-state index contributed by atoms with van der Waals surface area (Å²) in [4.78, 5) is 0. The summed E-state index contributed by atoms with van der Waals surface area (Å²) in [7, 11) is 0. The molecule has 0 bridgehead atoms. The Morgan fingerprint density at radius 1 is 1.05 bits per heavy atom. The first kappa shape index (κ1) is 15.0. The van der Waals surface area contributed by atoms with Crippen molar-refractivity contribution in [2.24, 2.45) is 28.6 Å². The molecule has 0 unspecified atom stereocenters. The predicted molar refractivity (Wildman–Crippen MR) is 88.2 cm³/mol. The first-order chi connectivity index (χ1) is 10.3. The third kappa shape index (κ3) is 1.74. The number of hydrogen-bond acceptors (Lipinski definition) is 2. The van der Waals surface area contributed by atoms with Gasteiger partial charge in [-0.2, -0.15) is 0 Å². The van der Waals surface area contributed by atoms with Crippen LogP contribution in [0.1, 0.15) is 59.3 Å². The van der Waals surface area contributed by atoms with Gasteiger partial charge in [0.1, 0.15) is 0 Å². The van der Waals surface area contributed by atoms with E-state index in [0.717, 1.165) is 25.2 Å². The molecule has 0 saturated heterocycles. The summed E-state index contributed by atoms with van der Waals surface area (Å²) in [5.41, 5.74) is 1.21. The molecule has 0 aromatic carbocycles. The molecule has 4 aliphatic rings. The lowest BCUT2D eigenvalue weighted by molar-refractivity contribution is -0.111. The van der Waals surface area contributed by atoms with Crippen LogP contribution in [0.25, 0.3) is 0 Å². The second-order valence-corrected chi connectivity index (χ2v) is 9.01. The van der Waals surface area contributed by atoms with Crippen LogP contribution in [0.5, 0.6) is 0 Å². The van der Waals surface area contributed by atoms with E-state index in [1.54, 1.807) is 0 Å². The van der Waals surface area contributed by atoms with Gasteiger partial charge in [-0.05, 0) is 68.6 Å². The molecule has 0 radical (unpaired) electrons. The molecule has 0 heterocycles. The molecule has 7 atom stereocenters. The summed E-state index contributed by atoms with van der Waals surface area (Å²) in [5.74, 6) is 2.08. The molecule has 3 saturated carbocycles. The first-order valence-corrected chi connectivity index (χ1v) is 9.09. The fourth-order valence-electron chi connectivity index (χ4n) is 6.56. The van der Waals surface area contributed by atoms with Gasteiger partial charge >= 0.3 is 0 Å². The van der Waals surface area contributed by atoms with Crippen molar-refractivity contribution in [2.75, 3.05) is 0 Å².